The van der Waals surface area contributed by atoms with E-state index in [1.165, 1.54) is 0 Å². The maximum atomic E-state index is 13.0. The van der Waals surface area contributed by atoms with Gasteiger partial charge in [0.25, 0.3) is 0 Å². The summed E-state index contributed by atoms with van der Waals surface area (Å²) in [4.78, 5) is 22.1. The molecule has 0 rings (SSSR count). The average molecular weight is 401 g/mol. The van der Waals surface area contributed by atoms with Crippen molar-refractivity contribution in [1.82, 2.24) is 0 Å². The molecule has 0 saturated heterocycles. The monoisotopic (exact) mass is 401 g/mol. The normalized spacial score (nSPS) is 15.4. The van der Waals surface area contributed by atoms with Crippen LogP contribution in [0, 0.1) is 0 Å². The third-order valence-corrected chi connectivity index (χ3v) is 3.07. The summed E-state index contributed by atoms with van der Waals surface area (Å²) >= 11 is 2.43. The van der Waals surface area contributed by atoms with E-state index in [1.54, 1.807) is 0 Å². The molecule has 0 saturated carbocycles. The SMILES string of the molecule is C=CC(=O)OC(OCCCCC(F)(F)C(F)(F)S)(C(N)=O)C(F)(F)F. The predicted octanol–water partition coefficient (Wildman–Crippen LogP) is 2.80. The Kier molecular flexibility index (Phi) is 7.76. The van der Waals surface area contributed by atoms with E-state index in [4.69, 9.17) is 0 Å². The van der Waals surface area contributed by atoms with Gasteiger partial charge in [-0.05, 0) is 12.8 Å². The van der Waals surface area contributed by atoms with Gasteiger partial charge in [-0.25, -0.2) is 4.79 Å². The van der Waals surface area contributed by atoms with E-state index >= 15 is 0 Å². The van der Waals surface area contributed by atoms with Crippen molar-refractivity contribution in [2.45, 2.75) is 42.4 Å². The van der Waals surface area contributed by atoms with Crippen LogP contribution in [0.1, 0.15) is 19.3 Å². The fourth-order valence-electron chi connectivity index (χ4n) is 1.43. The molecule has 0 aromatic carbocycles. The highest BCUT2D eigenvalue weighted by atomic mass is 32.1. The van der Waals surface area contributed by atoms with E-state index in [-0.39, 0.29) is 0 Å². The molecule has 0 aliphatic heterocycles. The lowest BCUT2D eigenvalue weighted by atomic mass is 10.1. The molecule has 0 fully saturated rings. The van der Waals surface area contributed by atoms with Crippen molar-refractivity contribution in [2.24, 2.45) is 5.73 Å². The first kappa shape index (κ1) is 23.5. The Morgan fingerprint density at radius 1 is 1.08 bits per heavy atom. The van der Waals surface area contributed by atoms with Crippen LogP contribution in [0.2, 0.25) is 0 Å². The number of unbranched alkanes of at least 4 members (excludes halogenated alkanes) is 1. The van der Waals surface area contributed by atoms with Gasteiger partial charge in [0.1, 0.15) is 0 Å². The van der Waals surface area contributed by atoms with Crippen LogP contribution in [-0.4, -0.2) is 41.6 Å². The van der Waals surface area contributed by atoms with Crippen molar-refractivity contribution >= 4 is 24.5 Å². The van der Waals surface area contributed by atoms with Crippen LogP contribution in [0.25, 0.3) is 0 Å². The number of hydrogen-bond acceptors (Lipinski definition) is 5. The minimum atomic E-state index is -5.58. The second-order valence-corrected chi connectivity index (χ2v) is 5.22. The molecule has 2 N–H and O–H groups in total. The number of halogens is 7. The summed E-state index contributed by atoms with van der Waals surface area (Å²) < 4.78 is 97.8. The van der Waals surface area contributed by atoms with E-state index in [1.807, 2.05) is 0 Å². The van der Waals surface area contributed by atoms with E-state index in [0.29, 0.717) is 6.08 Å². The molecule has 0 radical (unpaired) electrons. The van der Waals surface area contributed by atoms with Crippen molar-refractivity contribution < 1.29 is 49.8 Å². The number of esters is 1. The quantitative estimate of drug-likeness (QED) is 0.147. The largest absolute Gasteiger partial charge is 0.466 e. The van der Waals surface area contributed by atoms with Gasteiger partial charge in [-0.2, -0.15) is 30.7 Å². The van der Waals surface area contributed by atoms with Gasteiger partial charge in [-0.1, -0.05) is 19.2 Å². The maximum absolute atomic E-state index is 13.0. The summed E-state index contributed by atoms with van der Waals surface area (Å²) in [6.45, 7) is 1.79. The van der Waals surface area contributed by atoms with Crippen molar-refractivity contribution in [3.63, 3.8) is 0 Å². The Labute approximate surface area is 142 Å². The van der Waals surface area contributed by atoms with Crippen molar-refractivity contribution in [3.8, 4) is 0 Å². The number of primary amides is 1. The fraction of sp³-hybridized carbons (Fsp3) is 0.667. The molecule has 1 atom stereocenters. The highest BCUT2D eigenvalue weighted by Gasteiger charge is 2.65. The van der Waals surface area contributed by atoms with Crippen LogP contribution in [0.4, 0.5) is 30.7 Å². The summed E-state index contributed by atoms with van der Waals surface area (Å²) in [5.41, 5.74) is 4.58. The van der Waals surface area contributed by atoms with Crippen LogP contribution < -0.4 is 5.73 Å². The Balaban J connectivity index is 4.94. The van der Waals surface area contributed by atoms with Crippen molar-refractivity contribution in [2.75, 3.05) is 6.61 Å². The number of amides is 1. The second-order valence-electron chi connectivity index (χ2n) is 4.66. The number of nitrogens with two attached hydrogens (primary N) is 1. The van der Waals surface area contributed by atoms with Gasteiger partial charge < -0.3 is 15.2 Å². The van der Waals surface area contributed by atoms with E-state index in [9.17, 15) is 40.3 Å². The second kappa shape index (κ2) is 8.25. The highest BCUT2D eigenvalue weighted by Crippen LogP contribution is 2.41. The zero-order valence-corrected chi connectivity index (χ0v) is 13.3. The first-order chi connectivity index (χ1) is 11.1. The molecule has 0 aliphatic carbocycles. The third-order valence-electron chi connectivity index (χ3n) is 2.74. The molecule has 13 heteroatoms. The number of thiol groups is 1. The van der Waals surface area contributed by atoms with Crippen LogP contribution in [0.15, 0.2) is 12.7 Å². The van der Waals surface area contributed by atoms with Gasteiger partial charge in [0.15, 0.2) is 0 Å². The summed E-state index contributed by atoms with van der Waals surface area (Å²) in [6, 6.07) is 0. The number of carbonyl (C=O) groups excluding carboxylic acids is 2. The average Bonchev–Trinajstić information content (AvgIpc) is 2.42. The Bertz CT molecular complexity index is 507. The van der Waals surface area contributed by atoms with Gasteiger partial charge in [-0.3, -0.25) is 4.79 Å². The van der Waals surface area contributed by atoms with E-state index in [2.05, 4.69) is 34.4 Å². The van der Waals surface area contributed by atoms with Crippen LogP contribution >= 0.6 is 12.6 Å². The smallest absolute Gasteiger partial charge is 0.412 e. The molecule has 1 unspecified atom stereocenters. The number of carbonyl (C=O) groups is 2. The number of alkyl halides is 7. The lowest BCUT2D eigenvalue weighted by Crippen LogP contribution is -2.60. The van der Waals surface area contributed by atoms with Crippen LogP contribution in [-0.2, 0) is 19.1 Å². The zero-order chi connectivity index (χ0) is 20.1. The molecule has 0 bridgehead atoms. The van der Waals surface area contributed by atoms with Gasteiger partial charge >= 0.3 is 35.0 Å². The van der Waals surface area contributed by atoms with Crippen molar-refractivity contribution in [3.05, 3.63) is 12.7 Å². The summed E-state index contributed by atoms with van der Waals surface area (Å²) in [6.07, 6.45) is -7.99. The van der Waals surface area contributed by atoms with Gasteiger partial charge in [-0.15, -0.1) is 0 Å². The predicted molar refractivity (Wildman–Crippen MR) is 73.0 cm³/mol. The lowest BCUT2D eigenvalue weighted by Gasteiger charge is -2.31. The topological polar surface area (TPSA) is 78.6 Å². The third kappa shape index (κ3) is 6.06. The minimum absolute atomic E-state index is 0.308. The highest BCUT2D eigenvalue weighted by molar-refractivity contribution is 7.81. The van der Waals surface area contributed by atoms with Crippen molar-refractivity contribution in [1.29, 1.82) is 0 Å². The first-order valence-electron chi connectivity index (χ1n) is 6.44. The molecular weight excluding hydrogens is 387 g/mol. The molecule has 0 heterocycles. The maximum Gasteiger partial charge on any atom is 0.466 e. The zero-order valence-electron chi connectivity index (χ0n) is 12.4. The molecule has 0 aromatic heterocycles. The number of hydrogen-bond donors (Lipinski definition) is 2. The van der Waals surface area contributed by atoms with Crippen LogP contribution in [0.3, 0.4) is 0 Å². The van der Waals surface area contributed by atoms with Gasteiger partial charge in [0.05, 0.1) is 6.61 Å². The summed E-state index contributed by atoms with van der Waals surface area (Å²) in [7, 11) is 0. The molecule has 25 heavy (non-hydrogen) atoms. The number of ether oxygens (including phenoxy) is 2. The van der Waals surface area contributed by atoms with E-state index < -0.39 is 60.9 Å². The van der Waals surface area contributed by atoms with Gasteiger partial charge in [0.2, 0.25) is 0 Å². The minimum Gasteiger partial charge on any atom is -0.412 e. The Morgan fingerprint density at radius 2 is 1.60 bits per heavy atom. The Morgan fingerprint density at radius 3 is 1.96 bits per heavy atom. The fourth-order valence-corrected chi connectivity index (χ4v) is 1.54. The molecular formula is C12H14F7NO4S. The Hall–Kier alpha value is -1.50. The number of rotatable bonds is 10. The lowest BCUT2D eigenvalue weighted by molar-refractivity contribution is -0.345. The molecule has 1 amide bonds. The molecule has 5 nitrogen and oxygen atoms in total. The summed E-state index contributed by atoms with van der Waals surface area (Å²) in [5, 5.41) is -4.61. The van der Waals surface area contributed by atoms with Crippen LogP contribution in [0.5, 0.6) is 0 Å². The molecule has 0 aromatic rings. The molecule has 0 spiro atoms. The summed E-state index contributed by atoms with van der Waals surface area (Å²) in [5.74, 6) is -12.6. The van der Waals surface area contributed by atoms with Gasteiger partial charge in [0, 0.05) is 12.5 Å². The standard InChI is InChI=1S/C12H14F7NO4S/c1-2-7(21)24-10(8(20)22,11(15,16)17)23-6-4-3-5-9(13,14)12(18,19)25/h2,25H,1,3-6H2,(H2,20,22). The molecule has 0 aliphatic rings. The first-order valence-corrected chi connectivity index (χ1v) is 6.89. The molecule has 146 valence electrons. The van der Waals surface area contributed by atoms with E-state index in [0.717, 1.165) is 0 Å².